The molecule has 48 heavy (non-hydrogen) atoms. The number of unbranched alkanes of at least 4 members (excludes halogenated alkanes) is 13. The van der Waals surface area contributed by atoms with E-state index in [9.17, 15) is 23.8 Å². The van der Waals surface area contributed by atoms with Crippen LogP contribution in [0.1, 0.15) is 142 Å². The van der Waals surface area contributed by atoms with Crippen LogP contribution in [0, 0.1) is 0 Å². The maximum Gasteiger partial charge on any atom is 0.472 e. The zero-order chi connectivity index (χ0) is 35.7. The van der Waals surface area contributed by atoms with Gasteiger partial charge in [0.25, 0.3) is 0 Å². The van der Waals surface area contributed by atoms with Gasteiger partial charge in [-0.25, -0.2) is 4.57 Å². The zero-order valence-electron chi connectivity index (χ0n) is 29.6. The van der Waals surface area contributed by atoms with Crippen LogP contribution in [-0.2, 0) is 37.5 Å². The van der Waals surface area contributed by atoms with E-state index in [0.29, 0.717) is 12.8 Å². The molecular weight excluding hydrogens is 637 g/mol. The summed E-state index contributed by atoms with van der Waals surface area (Å²) < 4.78 is 32.4. The number of aliphatic carboxylic acids is 1. The molecule has 0 saturated heterocycles. The fourth-order valence-corrected chi connectivity index (χ4v) is 5.26. The second-order valence-electron chi connectivity index (χ2n) is 12.0. The second kappa shape index (κ2) is 31.9. The maximum absolute atomic E-state index is 12.5. The van der Waals surface area contributed by atoms with Crippen LogP contribution in [0.25, 0.3) is 0 Å². The summed E-state index contributed by atoms with van der Waals surface area (Å²) in [5, 5.41) is 8.84. The van der Waals surface area contributed by atoms with Crippen molar-refractivity contribution in [2.45, 2.75) is 154 Å². The molecule has 0 aliphatic heterocycles. The molecule has 0 aromatic rings. The Morgan fingerprint density at radius 1 is 0.646 bits per heavy atom. The van der Waals surface area contributed by atoms with Gasteiger partial charge in [0.1, 0.15) is 12.6 Å². The molecule has 0 rings (SSSR count). The molecule has 0 aliphatic rings. The first-order chi connectivity index (χ1) is 23.1. The quantitative estimate of drug-likeness (QED) is 0.0259. The predicted molar refractivity (Wildman–Crippen MR) is 189 cm³/mol. The van der Waals surface area contributed by atoms with E-state index < -0.39 is 51.1 Å². The third-order valence-electron chi connectivity index (χ3n) is 7.39. The van der Waals surface area contributed by atoms with Crippen molar-refractivity contribution in [3.05, 3.63) is 36.5 Å². The van der Waals surface area contributed by atoms with Gasteiger partial charge in [-0.1, -0.05) is 115 Å². The molecule has 0 aromatic carbocycles. The van der Waals surface area contributed by atoms with Crippen LogP contribution in [0.2, 0.25) is 0 Å². The van der Waals surface area contributed by atoms with Gasteiger partial charge in [0, 0.05) is 12.8 Å². The number of hydrogen-bond donors (Lipinski definition) is 3. The Bertz CT molecular complexity index is 968. The molecule has 0 aliphatic carbocycles. The lowest BCUT2D eigenvalue weighted by molar-refractivity contribution is -0.161. The molecule has 1 unspecified atom stereocenters. The summed E-state index contributed by atoms with van der Waals surface area (Å²) in [6.45, 7) is 2.67. The van der Waals surface area contributed by atoms with Crippen LogP contribution in [0.15, 0.2) is 36.5 Å². The number of nitrogens with two attached hydrogens (primary N) is 1. The molecule has 0 heterocycles. The minimum absolute atomic E-state index is 0.113. The largest absolute Gasteiger partial charge is 0.480 e. The highest BCUT2D eigenvalue weighted by atomic mass is 31.2. The van der Waals surface area contributed by atoms with Gasteiger partial charge in [-0.3, -0.25) is 23.4 Å². The normalized spacial score (nSPS) is 14.4. The third-order valence-corrected chi connectivity index (χ3v) is 8.34. The predicted octanol–water partition coefficient (Wildman–Crippen LogP) is 8.50. The molecule has 11 nitrogen and oxygen atoms in total. The smallest absolute Gasteiger partial charge is 0.472 e. The van der Waals surface area contributed by atoms with Crippen molar-refractivity contribution in [2.24, 2.45) is 5.73 Å². The summed E-state index contributed by atoms with van der Waals surface area (Å²) in [4.78, 5) is 45.6. The lowest BCUT2D eigenvalue weighted by atomic mass is 10.1. The standard InChI is InChI=1S/C36H64NO10P/c1-3-5-7-9-11-13-14-15-16-17-18-20-22-24-26-28-35(39)47-32(30-45-48(42,43)46-31-33(37)36(40)41)29-44-34(38)27-25-23-21-19-12-10-8-6-4-2/h11,13,15-16,18,20,32-33H,3-10,12,14,17,19,21-31,37H2,1-2H3,(H,40,41)(H,42,43)/b13-11-,16-15-,20-18-/t32-,33+/m1/s1. The van der Waals surface area contributed by atoms with Gasteiger partial charge in [0.05, 0.1) is 13.2 Å². The van der Waals surface area contributed by atoms with Gasteiger partial charge in [-0.15, -0.1) is 0 Å². The number of rotatable bonds is 33. The highest BCUT2D eigenvalue weighted by molar-refractivity contribution is 7.47. The lowest BCUT2D eigenvalue weighted by Crippen LogP contribution is -2.34. The van der Waals surface area contributed by atoms with Crippen molar-refractivity contribution in [1.82, 2.24) is 0 Å². The van der Waals surface area contributed by atoms with Crippen LogP contribution in [0.4, 0.5) is 0 Å². The van der Waals surface area contributed by atoms with E-state index in [1.807, 2.05) is 0 Å². The topological polar surface area (TPSA) is 172 Å². The van der Waals surface area contributed by atoms with E-state index >= 15 is 0 Å². The second-order valence-corrected chi connectivity index (χ2v) is 13.5. The number of ether oxygens (including phenoxy) is 2. The first-order valence-electron chi connectivity index (χ1n) is 18.0. The Morgan fingerprint density at radius 2 is 1.10 bits per heavy atom. The minimum atomic E-state index is -4.71. The number of phosphoric acid groups is 1. The number of phosphoric ester groups is 1. The number of allylic oxidation sites excluding steroid dienone is 6. The van der Waals surface area contributed by atoms with Crippen LogP contribution in [0.5, 0.6) is 0 Å². The number of carboxylic acid groups (broad SMARTS) is 1. The van der Waals surface area contributed by atoms with E-state index in [4.69, 9.17) is 24.8 Å². The summed E-state index contributed by atoms with van der Waals surface area (Å²) in [5.41, 5.74) is 5.30. The molecule has 4 N–H and O–H groups in total. The van der Waals surface area contributed by atoms with Gasteiger partial charge in [-0.2, -0.15) is 0 Å². The van der Waals surface area contributed by atoms with E-state index in [1.165, 1.54) is 51.4 Å². The molecule has 0 bridgehead atoms. The van der Waals surface area contributed by atoms with Gasteiger partial charge < -0.3 is 25.2 Å². The van der Waals surface area contributed by atoms with Gasteiger partial charge in [0.2, 0.25) is 0 Å². The molecule has 12 heteroatoms. The summed E-state index contributed by atoms with van der Waals surface area (Å²) >= 11 is 0. The zero-order valence-corrected chi connectivity index (χ0v) is 30.5. The SMILES string of the molecule is CCCCC/C=C\C/C=C\C/C=C\CCCCC(=O)O[C@H](COC(=O)CCCCCCCCCCC)COP(=O)(O)OC[C@H](N)C(=O)O. The number of carboxylic acids is 1. The van der Waals surface area contributed by atoms with E-state index in [0.717, 1.165) is 51.4 Å². The van der Waals surface area contributed by atoms with Crippen LogP contribution < -0.4 is 5.73 Å². The molecule has 0 aromatic heterocycles. The molecule has 0 amide bonds. The third kappa shape index (κ3) is 31.0. The number of carbonyl (C=O) groups is 3. The molecular formula is C36H64NO10P. The summed E-state index contributed by atoms with van der Waals surface area (Å²) in [7, 11) is -4.71. The van der Waals surface area contributed by atoms with E-state index in [-0.39, 0.29) is 19.4 Å². The Labute approximate surface area is 289 Å². The number of carbonyl (C=O) groups excluding carboxylic acids is 2. The highest BCUT2D eigenvalue weighted by Crippen LogP contribution is 2.43. The minimum Gasteiger partial charge on any atom is -0.480 e. The molecule has 0 saturated carbocycles. The first-order valence-corrected chi connectivity index (χ1v) is 19.5. The van der Waals surface area contributed by atoms with Crippen molar-refractivity contribution in [2.75, 3.05) is 19.8 Å². The highest BCUT2D eigenvalue weighted by Gasteiger charge is 2.28. The average molecular weight is 702 g/mol. The van der Waals surface area contributed by atoms with Crippen molar-refractivity contribution in [1.29, 1.82) is 0 Å². The van der Waals surface area contributed by atoms with E-state index in [1.54, 1.807) is 0 Å². The number of hydrogen-bond acceptors (Lipinski definition) is 9. The average Bonchev–Trinajstić information content (AvgIpc) is 3.05. The first kappa shape index (κ1) is 45.7. The van der Waals surface area contributed by atoms with Crippen molar-refractivity contribution < 1.29 is 47.5 Å². The Hall–Kier alpha value is -2.30. The van der Waals surface area contributed by atoms with E-state index in [2.05, 4.69) is 54.8 Å². The molecule has 0 fully saturated rings. The Morgan fingerprint density at radius 3 is 1.69 bits per heavy atom. The van der Waals surface area contributed by atoms with Crippen molar-refractivity contribution in [3.63, 3.8) is 0 Å². The van der Waals surface area contributed by atoms with Gasteiger partial charge >= 0.3 is 25.7 Å². The Balaban J connectivity index is 4.55. The summed E-state index contributed by atoms with van der Waals surface area (Å²) in [6, 6.07) is -1.52. The maximum atomic E-state index is 12.5. The Kier molecular flexibility index (Phi) is 30.4. The molecule has 0 spiro atoms. The van der Waals surface area contributed by atoms with Crippen molar-refractivity contribution >= 4 is 25.7 Å². The van der Waals surface area contributed by atoms with Gasteiger partial charge in [-0.05, 0) is 51.4 Å². The number of esters is 2. The fraction of sp³-hybridized carbons (Fsp3) is 0.750. The summed E-state index contributed by atoms with van der Waals surface area (Å²) in [6.07, 6.45) is 30.9. The van der Waals surface area contributed by atoms with Crippen LogP contribution >= 0.6 is 7.82 Å². The monoisotopic (exact) mass is 701 g/mol. The van der Waals surface area contributed by atoms with Crippen molar-refractivity contribution in [3.8, 4) is 0 Å². The lowest BCUT2D eigenvalue weighted by Gasteiger charge is -2.20. The molecule has 3 atom stereocenters. The van der Waals surface area contributed by atoms with Crippen LogP contribution in [-0.4, -0.2) is 59.9 Å². The molecule has 278 valence electrons. The molecule has 0 radical (unpaired) electrons. The fourth-order valence-electron chi connectivity index (χ4n) is 4.48. The van der Waals surface area contributed by atoms with Gasteiger partial charge in [0.15, 0.2) is 6.10 Å². The van der Waals surface area contributed by atoms with Crippen LogP contribution in [0.3, 0.4) is 0 Å². The summed E-state index contributed by atoms with van der Waals surface area (Å²) in [5.74, 6) is -2.44.